The molecule has 58 valence electrons. The summed E-state index contributed by atoms with van der Waals surface area (Å²) in [4.78, 5) is 2.79. The van der Waals surface area contributed by atoms with E-state index in [2.05, 4.69) is 10.9 Å². The molecule has 12 heavy (non-hydrogen) atoms. The summed E-state index contributed by atoms with van der Waals surface area (Å²) in [6.07, 6.45) is 5.28. The molecule has 0 atom stereocenters. The standard InChI is InChI=1S/C10H7NO/c1-2-7-4-3-5-9-8(7)6-10(12)11-9/h1,3-6,11-12H. The van der Waals surface area contributed by atoms with Gasteiger partial charge in [0.05, 0.1) is 0 Å². The highest BCUT2D eigenvalue weighted by Gasteiger charge is 2.01. The number of nitrogens with one attached hydrogen (secondary N) is 1. The van der Waals surface area contributed by atoms with Crippen molar-refractivity contribution in [1.29, 1.82) is 0 Å². The second-order valence-electron chi connectivity index (χ2n) is 2.57. The molecule has 0 aliphatic heterocycles. The zero-order valence-corrected chi connectivity index (χ0v) is 6.33. The Morgan fingerprint density at radius 3 is 3.00 bits per heavy atom. The Morgan fingerprint density at radius 2 is 2.25 bits per heavy atom. The molecule has 1 heterocycles. The molecule has 0 saturated heterocycles. The fourth-order valence-corrected chi connectivity index (χ4v) is 1.27. The van der Waals surface area contributed by atoms with Crippen molar-refractivity contribution in [2.24, 2.45) is 0 Å². The van der Waals surface area contributed by atoms with Gasteiger partial charge in [-0.1, -0.05) is 12.0 Å². The van der Waals surface area contributed by atoms with Crippen molar-refractivity contribution in [2.75, 3.05) is 0 Å². The average Bonchev–Trinajstić information content (AvgIpc) is 2.44. The summed E-state index contributed by atoms with van der Waals surface area (Å²) in [5.41, 5.74) is 1.66. The number of benzene rings is 1. The Hall–Kier alpha value is -1.88. The highest BCUT2D eigenvalue weighted by atomic mass is 16.3. The van der Waals surface area contributed by atoms with Crippen LogP contribution in [0.15, 0.2) is 24.3 Å². The van der Waals surface area contributed by atoms with Crippen molar-refractivity contribution < 1.29 is 5.11 Å². The molecular weight excluding hydrogens is 150 g/mol. The third-order valence-corrected chi connectivity index (χ3v) is 1.81. The molecule has 2 heteroatoms. The van der Waals surface area contributed by atoms with E-state index >= 15 is 0 Å². The van der Waals surface area contributed by atoms with Crippen LogP contribution >= 0.6 is 0 Å². The normalized spacial score (nSPS) is 9.92. The van der Waals surface area contributed by atoms with Gasteiger partial charge in [0.1, 0.15) is 0 Å². The van der Waals surface area contributed by atoms with Crippen LogP contribution in [-0.4, -0.2) is 10.1 Å². The Balaban J connectivity index is 2.89. The largest absolute Gasteiger partial charge is 0.495 e. The van der Waals surface area contributed by atoms with Crippen molar-refractivity contribution in [3.05, 3.63) is 29.8 Å². The Kier molecular flexibility index (Phi) is 1.31. The number of aromatic amines is 1. The third-order valence-electron chi connectivity index (χ3n) is 1.81. The van der Waals surface area contributed by atoms with Gasteiger partial charge in [-0.3, -0.25) is 0 Å². The fraction of sp³-hybridized carbons (Fsp3) is 0. The minimum absolute atomic E-state index is 0.146. The molecule has 2 N–H and O–H groups in total. The van der Waals surface area contributed by atoms with Crippen LogP contribution in [0.1, 0.15) is 5.56 Å². The van der Waals surface area contributed by atoms with E-state index in [1.54, 1.807) is 6.07 Å². The van der Waals surface area contributed by atoms with Gasteiger partial charge in [0.15, 0.2) is 5.88 Å². The summed E-state index contributed by atoms with van der Waals surface area (Å²) in [7, 11) is 0. The zero-order chi connectivity index (χ0) is 8.55. The van der Waals surface area contributed by atoms with Crippen molar-refractivity contribution >= 4 is 10.9 Å². The number of aromatic nitrogens is 1. The van der Waals surface area contributed by atoms with E-state index in [9.17, 15) is 0 Å². The molecule has 0 unspecified atom stereocenters. The molecule has 0 spiro atoms. The molecular formula is C10H7NO. The Morgan fingerprint density at radius 1 is 1.42 bits per heavy atom. The summed E-state index contributed by atoms with van der Waals surface area (Å²) in [6.45, 7) is 0. The quantitative estimate of drug-likeness (QED) is 0.562. The topological polar surface area (TPSA) is 36.0 Å². The van der Waals surface area contributed by atoms with Crippen molar-refractivity contribution in [3.8, 4) is 18.2 Å². The summed E-state index contributed by atoms with van der Waals surface area (Å²) in [6, 6.07) is 7.20. The van der Waals surface area contributed by atoms with Gasteiger partial charge in [0.25, 0.3) is 0 Å². The molecule has 0 fully saturated rings. The summed E-state index contributed by atoms with van der Waals surface area (Å²) < 4.78 is 0. The van der Waals surface area contributed by atoms with Crippen LogP contribution in [0.5, 0.6) is 5.88 Å². The maximum absolute atomic E-state index is 9.15. The fourth-order valence-electron chi connectivity index (χ4n) is 1.27. The SMILES string of the molecule is C#Cc1cccc2[nH]c(O)cc12. The van der Waals surface area contributed by atoms with Gasteiger partial charge in [-0.15, -0.1) is 6.42 Å². The number of aromatic hydroxyl groups is 1. The molecule has 1 aromatic heterocycles. The second kappa shape index (κ2) is 2.31. The molecule has 0 amide bonds. The highest BCUT2D eigenvalue weighted by molar-refractivity contribution is 5.87. The van der Waals surface area contributed by atoms with Gasteiger partial charge < -0.3 is 10.1 Å². The average molecular weight is 157 g/mol. The molecule has 0 saturated carbocycles. The number of H-pyrrole nitrogens is 1. The highest BCUT2D eigenvalue weighted by Crippen LogP contribution is 2.21. The lowest BCUT2D eigenvalue weighted by Crippen LogP contribution is -1.73. The van der Waals surface area contributed by atoms with Gasteiger partial charge in [-0.2, -0.15) is 0 Å². The minimum Gasteiger partial charge on any atom is -0.495 e. The van der Waals surface area contributed by atoms with Crippen molar-refractivity contribution in [1.82, 2.24) is 4.98 Å². The molecule has 0 aliphatic carbocycles. The number of hydrogen-bond donors (Lipinski definition) is 2. The second-order valence-corrected chi connectivity index (χ2v) is 2.57. The van der Waals surface area contributed by atoms with Crippen LogP contribution in [0.4, 0.5) is 0 Å². The van der Waals surface area contributed by atoms with E-state index in [1.165, 1.54) is 0 Å². The van der Waals surface area contributed by atoms with Crippen molar-refractivity contribution in [2.45, 2.75) is 0 Å². The first kappa shape index (κ1) is 6.81. The van der Waals surface area contributed by atoms with Crippen LogP contribution in [0, 0.1) is 12.3 Å². The Bertz CT molecular complexity index is 462. The monoisotopic (exact) mass is 157 g/mol. The first-order valence-corrected chi connectivity index (χ1v) is 3.58. The maximum atomic E-state index is 9.15. The first-order chi connectivity index (χ1) is 5.81. The van der Waals surface area contributed by atoms with Crippen LogP contribution in [-0.2, 0) is 0 Å². The smallest absolute Gasteiger partial charge is 0.189 e. The van der Waals surface area contributed by atoms with Crippen LogP contribution in [0.3, 0.4) is 0 Å². The van der Waals surface area contributed by atoms with Gasteiger partial charge in [-0.25, -0.2) is 0 Å². The molecule has 0 bridgehead atoms. The van der Waals surface area contributed by atoms with Crippen LogP contribution in [0.25, 0.3) is 10.9 Å². The number of terminal acetylenes is 1. The summed E-state index contributed by atoms with van der Waals surface area (Å²) >= 11 is 0. The van der Waals surface area contributed by atoms with Gasteiger partial charge in [-0.05, 0) is 12.1 Å². The van der Waals surface area contributed by atoms with Crippen molar-refractivity contribution in [3.63, 3.8) is 0 Å². The minimum atomic E-state index is 0.146. The lowest BCUT2D eigenvalue weighted by molar-refractivity contribution is 0.458. The maximum Gasteiger partial charge on any atom is 0.189 e. The van der Waals surface area contributed by atoms with Gasteiger partial charge in [0, 0.05) is 22.5 Å². The van der Waals surface area contributed by atoms with Gasteiger partial charge in [0.2, 0.25) is 0 Å². The Labute approximate surface area is 69.8 Å². The molecule has 0 radical (unpaired) electrons. The molecule has 2 nitrogen and oxygen atoms in total. The number of rotatable bonds is 0. The zero-order valence-electron chi connectivity index (χ0n) is 6.33. The molecule has 0 aliphatic rings. The first-order valence-electron chi connectivity index (χ1n) is 3.58. The molecule has 2 aromatic rings. The van der Waals surface area contributed by atoms with E-state index in [4.69, 9.17) is 11.5 Å². The van der Waals surface area contributed by atoms with E-state index < -0.39 is 0 Å². The third kappa shape index (κ3) is 0.841. The van der Waals surface area contributed by atoms with Gasteiger partial charge >= 0.3 is 0 Å². The predicted molar refractivity (Wildman–Crippen MR) is 47.9 cm³/mol. The number of hydrogen-bond acceptors (Lipinski definition) is 1. The van der Waals surface area contributed by atoms with E-state index in [0.29, 0.717) is 0 Å². The van der Waals surface area contributed by atoms with E-state index in [1.807, 2.05) is 18.2 Å². The van der Waals surface area contributed by atoms with Crippen LogP contribution in [0.2, 0.25) is 0 Å². The lowest BCUT2D eigenvalue weighted by atomic mass is 10.1. The number of fused-ring (bicyclic) bond motifs is 1. The predicted octanol–water partition coefficient (Wildman–Crippen LogP) is 1.85. The summed E-state index contributed by atoms with van der Waals surface area (Å²) in [5, 5.41) is 10.0. The summed E-state index contributed by atoms with van der Waals surface area (Å²) in [5.74, 6) is 2.70. The van der Waals surface area contributed by atoms with E-state index in [0.717, 1.165) is 16.5 Å². The molecule has 1 aromatic carbocycles. The lowest BCUT2D eigenvalue weighted by Gasteiger charge is -1.91. The molecule has 2 rings (SSSR count). The van der Waals surface area contributed by atoms with Crippen LogP contribution < -0.4 is 0 Å². The van der Waals surface area contributed by atoms with E-state index in [-0.39, 0.29) is 5.88 Å².